The van der Waals surface area contributed by atoms with Crippen molar-refractivity contribution in [1.82, 2.24) is 14.9 Å². The Morgan fingerprint density at radius 1 is 1.00 bits per heavy atom. The molecule has 1 heterocycles. The summed E-state index contributed by atoms with van der Waals surface area (Å²) in [7, 11) is 1.63. The van der Waals surface area contributed by atoms with Gasteiger partial charge in [0.05, 0.1) is 24.2 Å². The zero-order valence-electron chi connectivity index (χ0n) is 16.8. The molecule has 6 nitrogen and oxygen atoms in total. The maximum atomic E-state index is 6.44. The van der Waals surface area contributed by atoms with Crippen LogP contribution in [0, 0.1) is 4.77 Å². The maximum Gasteiger partial charge on any atom is 0.214 e. The third-order valence-corrected chi connectivity index (χ3v) is 5.26. The minimum Gasteiger partial charge on any atom is -0.496 e. The molecule has 0 saturated carbocycles. The molecule has 0 aliphatic rings. The Hall–Kier alpha value is -3.29. The fourth-order valence-corrected chi connectivity index (χ4v) is 3.59. The molecular weight excluding hydrogens is 432 g/mol. The van der Waals surface area contributed by atoms with Crippen LogP contribution >= 0.6 is 23.8 Å². The zero-order valence-corrected chi connectivity index (χ0v) is 18.4. The Morgan fingerprint density at radius 2 is 1.77 bits per heavy atom. The summed E-state index contributed by atoms with van der Waals surface area (Å²) in [5.41, 5.74) is 6.19. The van der Waals surface area contributed by atoms with E-state index >= 15 is 0 Å². The number of hydrogen-bond acceptors (Lipinski definition) is 5. The minimum absolute atomic E-state index is 0.454. The first-order chi connectivity index (χ1) is 15.2. The molecule has 0 atom stereocenters. The summed E-state index contributed by atoms with van der Waals surface area (Å²) in [5.74, 6) is 1.99. The van der Waals surface area contributed by atoms with Crippen molar-refractivity contribution in [3.8, 4) is 22.9 Å². The number of methoxy groups -OCH3 is 1. The predicted molar refractivity (Wildman–Crippen MR) is 125 cm³/mol. The lowest BCUT2D eigenvalue weighted by molar-refractivity contribution is 0.306. The van der Waals surface area contributed by atoms with E-state index in [0.717, 1.165) is 16.7 Å². The van der Waals surface area contributed by atoms with Crippen molar-refractivity contribution in [2.45, 2.75) is 13.2 Å². The first-order valence-electron chi connectivity index (χ1n) is 9.65. The Kier molecular flexibility index (Phi) is 6.54. The third-order valence-electron chi connectivity index (χ3n) is 4.69. The van der Waals surface area contributed by atoms with Gasteiger partial charge in [-0.05, 0) is 47.6 Å². The molecule has 0 spiro atoms. The fraction of sp³-hybridized carbons (Fsp3) is 0.130. The fourth-order valence-electron chi connectivity index (χ4n) is 3.13. The summed E-state index contributed by atoms with van der Waals surface area (Å²) in [6, 6.07) is 23.3. The van der Waals surface area contributed by atoms with Crippen molar-refractivity contribution in [2.24, 2.45) is 0 Å². The lowest BCUT2D eigenvalue weighted by atomic mass is 10.2. The van der Waals surface area contributed by atoms with E-state index in [4.69, 9.17) is 33.3 Å². The summed E-state index contributed by atoms with van der Waals surface area (Å²) in [6.45, 7) is 0.958. The molecule has 0 amide bonds. The number of aromatic amines is 1. The van der Waals surface area contributed by atoms with E-state index in [9.17, 15) is 0 Å². The molecule has 0 fully saturated rings. The molecule has 8 heteroatoms. The number of H-pyrrole nitrogens is 1. The summed E-state index contributed by atoms with van der Waals surface area (Å²) in [6.07, 6.45) is 0. The van der Waals surface area contributed by atoms with Gasteiger partial charge in [-0.15, -0.1) is 0 Å². The van der Waals surface area contributed by atoms with E-state index in [0.29, 0.717) is 40.3 Å². The van der Waals surface area contributed by atoms with Crippen molar-refractivity contribution in [1.29, 1.82) is 0 Å². The van der Waals surface area contributed by atoms with Crippen LogP contribution in [-0.2, 0) is 13.2 Å². The first-order valence-corrected chi connectivity index (χ1v) is 10.4. The van der Waals surface area contributed by atoms with Gasteiger partial charge in [-0.2, -0.15) is 5.10 Å². The van der Waals surface area contributed by atoms with Gasteiger partial charge in [-0.25, -0.2) is 9.77 Å². The highest BCUT2D eigenvalue weighted by Crippen LogP contribution is 2.28. The minimum atomic E-state index is 0.454. The van der Waals surface area contributed by atoms with E-state index in [-0.39, 0.29) is 0 Å². The Balaban J connectivity index is 1.47. The molecule has 0 saturated heterocycles. The Labute approximate surface area is 190 Å². The van der Waals surface area contributed by atoms with Crippen LogP contribution in [0.1, 0.15) is 11.1 Å². The van der Waals surface area contributed by atoms with Gasteiger partial charge in [0.25, 0.3) is 0 Å². The molecule has 0 radical (unpaired) electrons. The molecule has 4 rings (SSSR count). The highest BCUT2D eigenvalue weighted by Gasteiger charge is 2.13. The van der Waals surface area contributed by atoms with Gasteiger partial charge >= 0.3 is 0 Å². The number of para-hydroxylation sites is 1. The van der Waals surface area contributed by atoms with Gasteiger partial charge in [-0.3, -0.25) is 0 Å². The standard InChI is InChI=1S/C23H21ClN4O2S/c1-29-20-10-6-5-9-18(20)22-26-27-23(31)28(22)25-14-17-11-12-21(19(24)13-17)30-15-16-7-3-2-4-8-16/h2-13,25H,14-15H2,1H3,(H,27,31). The van der Waals surface area contributed by atoms with Crippen molar-refractivity contribution < 1.29 is 9.47 Å². The van der Waals surface area contributed by atoms with Crippen LogP contribution in [0.25, 0.3) is 11.4 Å². The second-order valence-corrected chi connectivity index (χ2v) is 7.56. The van der Waals surface area contributed by atoms with Crippen molar-refractivity contribution in [2.75, 3.05) is 12.5 Å². The monoisotopic (exact) mass is 452 g/mol. The number of hydrogen-bond donors (Lipinski definition) is 2. The lowest BCUT2D eigenvalue weighted by Crippen LogP contribution is -2.16. The number of nitrogens with zero attached hydrogens (tertiary/aromatic N) is 2. The SMILES string of the molecule is COc1ccccc1-c1n[nH]c(=S)n1NCc1ccc(OCc2ccccc2)c(Cl)c1. The van der Waals surface area contributed by atoms with Crippen LogP contribution in [-0.4, -0.2) is 22.0 Å². The zero-order chi connectivity index (χ0) is 21.6. The highest BCUT2D eigenvalue weighted by atomic mass is 35.5. The molecule has 4 aromatic rings. The molecule has 0 aliphatic heterocycles. The number of aromatic nitrogens is 3. The molecule has 158 valence electrons. The van der Waals surface area contributed by atoms with E-state index in [1.54, 1.807) is 11.8 Å². The van der Waals surface area contributed by atoms with Crippen molar-refractivity contribution >= 4 is 23.8 Å². The Morgan fingerprint density at radius 3 is 2.55 bits per heavy atom. The second kappa shape index (κ2) is 9.68. The predicted octanol–water partition coefficient (Wildman–Crippen LogP) is 5.59. The van der Waals surface area contributed by atoms with Gasteiger partial charge < -0.3 is 14.9 Å². The topological polar surface area (TPSA) is 64.1 Å². The molecule has 31 heavy (non-hydrogen) atoms. The van der Waals surface area contributed by atoms with Crippen LogP contribution < -0.4 is 14.9 Å². The normalized spacial score (nSPS) is 10.6. The third kappa shape index (κ3) is 4.90. The van der Waals surface area contributed by atoms with E-state index in [2.05, 4.69) is 15.6 Å². The van der Waals surface area contributed by atoms with Gasteiger partial charge in [0, 0.05) is 0 Å². The van der Waals surface area contributed by atoms with E-state index in [1.807, 2.05) is 72.8 Å². The number of ether oxygens (including phenoxy) is 2. The van der Waals surface area contributed by atoms with Gasteiger partial charge in [0.15, 0.2) is 5.82 Å². The average molecular weight is 453 g/mol. The average Bonchev–Trinajstić information content (AvgIpc) is 3.17. The van der Waals surface area contributed by atoms with Gasteiger partial charge in [0.1, 0.15) is 18.1 Å². The quantitative estimate of drug-likeness (QED) is 0.341. The number of rotatable bonds is 8. The molecule has 2 N–H and O–H groups in total. The van der Waals surface area contributed by atoms with Crippen LogP contribution in [0.15, 0.2) is 72.8 Å². The van der Waals surface area contributed by atoms with Gasteiger partial charge in [0.2, 0.25) is 4.77 Å². The smallest absolute Gasteiger partial charge is 0.214 e. The Bertz CT molecular complexity index is 1220. The molecule has 0 aliphatic carbocycles. The molecular formula is C23H21ClN4O2S. The highest BCUT2D eigenvalue weighted by molar-refractivity contribution is 7.71. The molecule has 1 aromatic heterocycles. The lowest BCUT2D eigenvalue weighted by Gasteiger charge is -2.13. The largest absolute Gasteiger partial charge is 0.496 e. The van der Waals surface area contributed by atoms with E-state index < -0.39 is 0 Å². The first kappa shape index (κ1) is 21.0. The van der Waals surface area contributed by atoms with Crippen LogP contribution in [0.3, 0.4) is 0 Å². The summed E-state index contributed by atoms with van der Waals surface area (Å²) >= 11 is 11.8. The number of benzene rings is 3. The molecule has 3 aromatic carbocycles. The molecule has 0 bridgehead atoms. The summed E-state index contributed by atoms with van der Waals surface area (Å²) in [4.78, 5) is 0. The van der Waals surface area contributed by atoms with Crippen LogP contribution in [0.4, 0.5) is 0 Å². The molecule has 0 unspecified atom stereocenters. The number of nitrogens with one attached hydrogen (secondary N) is 2. The van der Waals surface area contributed by atoms with Crippen LogP contribution in [0.5, 0.6) is 11.5 Å². The van der Waals surface area contributed by atoms with E-state index in [1.165, 1.54) is 0 Å². The summed E-state index contributed by atoms with van der Waals surface area (Å²) < 4.78 is 13.5. The maximum absolute atomic E-state index is 6.44. The summed E-state index contributed by atoms with van der Waals surface area (Å²) in [5, 5.41) is 7.73. The second-order valence-electron chi connectivity index (χ2n) is 6.76. The van der Waals surface area contributed by atoms with Crippen molar-refractivity contribution in [3.05, 3.63) is 93.7 Å². The number of halogens is 1. The van der Waals surface area contributed by atoms with Crippen LogP contribution in [0.2, 0.25) is 5.02 Å². The van der Waals surface area contributed by atoms with Gasteiger partial charge in [-0.1, -0.05) is 60.1 Å². The van der Waals surface area contributed by atoms with Crippen molar-refractivity contribution in [3.63, 3.8) is 0 Å².